The molecule has 0 spiro atoms. The van der Waals surface area contributed by atoms with Crippen molar-refractivity contribution in [2.45, 2.75) is 6.54 Å². The minimum Gasteiger partial charge on any atom is -0.493 e. The molecule has 19 heavy (non-hydrogen) atoms. The molecular weight excluding hydrogens is 268 g/mol. The quantitative estimate of drug-likeness (QED) is 0.846. The van der Waals surface area contributed by atoms with Crippen LogP contribution in [0, 0.1) is 5.92 Å². The van der Waals surface area contributed by atoms with Gasteiger partial charge in [0.25, 0.3) is 0 Å². The Kier molecular flexibility index (Phi) is 5.92. The van der Waals surface area contributed by atoms with Crippen molar-refractivity contribution in [3.63, 3.8) is 0 Å². The molecule has 5 nitrogen and oxygen atoms in total. The second-order valence-electron chi connectivity index (χ2n) is 4.26. The lowest BCUT2D eigenvalue weighted by molar-refractivity contribution is -0.126. The highest BCUT2D eigenvalue weighted by atomic mass is 35.5. The molecule has 1 aromatic carbocycles. The van der Waals surface area contributed by atoms with Gasteiger partial charge in [-0.1, -0.05) is 6.07 Å². The van der Waals surface area contributed by atoms with Gasteiger partial charge in [0.1, 0.15) is 0 Å². The van der Waals surface area contributed by atoms with Crippen LogP contribution in [-0.2, 0) is 11.3 Å². The van der Waals surface area contributed by atoms with Crippen LogP contribution in [0.1, 0.15) is 5.56 Å². The van der Waals surface area contributed by atoms with Gasteiger partial charge in [0, 0.05) is 19.6 Å². The second-order valence-corrected chi connectivity index (χ2v) is 4.26. The van der Waals surface area contributed by atoms with Crippen molar-refractivity contribution < 1.29 is 14.3 Å². The Bertz CT molecular complexity index is 436. The van der Waals surface area contributed by atoms with Crippen LogP contribution in [0.3, 0.4) is 0 Å². The van der Waals surface area contributed by atoms with E-state index in [9.17, 15) is 4.79 Å². The number of ether oxygens (including phenoxy) is 2. The average Bonchev–Trinajstić information content (AvgIpc) is 2.33. The third kappa shape index (κ3) is 3.75. The third-order valence-electron chi connectivity index (χ3n) is 3.07. The molecule has 106 valence electrons. The van der Waals surface area contributed by atoms with Crippen molar-refractivity contribution in [1.82, 2.24) is 10.6 Å². The number of halogens is 1. The first-order chi connectivity index (χ1) is 8.74. The predicted molar refractivity (Wildman–Crippen MR) is 75.0 cm³/mol. The highest BCUT2D eigenvalue weighted by Crippen LogP contribution is 2.27. The molecule has 2 rings (SSSR count). The van der Waals surface area contributed by atoms with Crippen LogP contribution in [0.4, 0.5) is 0 Å². The number of methoxy groups -OCH3 is 2. The number of nitrogens with one attached hydrogen (secondary N) is 2. The molecule has 0 saturated carbocycles. The van der Waals surface area contributed by atoms with E-state index < -0.39 is 0 Å². The van der Waals surface area contributed by atoms with E-state index in [1.165, 1.54) is 0 Å². The zero-order chi connectivity index (χ0) is 13.0. The molecular formula is C13H19ClN2O3. The standard InChI is InChI=1S/C13H18N2O3.ClH/c1-17-11-4-3-9(5-12(11)18-2)6-15-13(16)10-7-14-8-10;/h3-5,10,14H,6-8H2,1-2H3,(H,15,16);1H. The second kappa shape index (κ2) is 7.21. The molecule has 1 aromatic rings. The van der Waals surface area contributed by atoms with E-state index in [4.69, 9.17) is 9.47 Å². The summed E-state index contributed by atoms with van der Waals surface area (Å²) >= 11 is 0. The third-order valence-corrected chi connectivity index (χ3v) is 3.07. The molecule has 0 unspecified atom stereocenters. The summed E-state index contributed by atoms with van der Waals surface area (Å²) in [5.74, 6) is 1.58. The molecule has 1 heterocycles. The zero-order valence-corrected chi connectivity index (χ0v) is 11.9. The van der Waals surface area contributed by atoms with E-state index >= 15 is 0 Å². The van der Waals surface area contributed by atoms with Crippen LogP contribution in [0.15, 0.2) is 18.2 Å². The minimum absolute atomic E-state index is 0. The van der Waals surface area contributed by atoms with E-state index in [1.807, 2.05) is 18.2 Å². The molecule has 1 aliphatic rings. The maximum Gasteiger partial charge on any atom is 0.225 e. The predicted octanol–water partition coefficient (Wildman–Crippen LogP) is 0.961. The zero-order valence-electron chi connectivity index (χ0n) is 11.1. The SMILES string of the molecule is COc1ccc(CNC(=O)C2CNC2)cc1OC.Cl. The maximum atomic E-state index is 11.7. The highest BCUT2D eigenvalue weighted by Gasteiger charge is 2.24. The van der Waals surface area contributed by atoms with Gasteiger partial charge >= 0.3 is 0 Å². The topological polar surface area (TPSA) is 59.6 Å². The van der Waals surface area contributed by atoms with Crippen LogP contribution in [0.25, 0.3) is 0 Å². The monoisotopic (exact) mass is 286 g/mol. The Morgan fingerprint density at radius 1 is 1.32 bits per heavy atom. The fourth-order valence-electron chi connectivity index (χ4n) is 1.80. The average molecular weight is 287 g/mol. The van der Waals surface area contributed by atoms with Gasteiger partial charge in [-0.05, 0) is 17.7 Å². The van der Waals surface area contributed by atoms with Crippen LogP contribution >= 0.6 is 12.4 Å². The smallest absolute Gasteiger partial charge is 0.225 e. The lowest BCUT2D eigenvalue weighted by Crippen LogP contribution is -2.50. The Morgan fingerprint density at radius 2 is 2.00 bits per heavy atom. The fraction of sp³-hybridized carbons (Fsp3) is 0.462. The molecule has 2 N–H and O–H groups in total. The lowest BCUT2D eigenvalue weighted by atomic mass is 10.0. The Balaban J connectivity index is 0.00000180. The molecule has 1 amide bonds. The molecule has 0 radical (unpaired) electrons. The van der Waals surface area contributed by atoms with Gasteiger partial charge in [0.2, 0.25) is 5.91 Å². The molecule has 1 fully saturated rings. The lowest BCUT2D eigenvalue weighted by Gasteiger charge is -2.25. The molecule has 0 atom stereocenters. The summed E-state index contributed by atoms with van der Waals surface area (Å²) < 4.78 is 10.4. The van der Waals surface area contributed by atoms with Crippen molar-refractivity contribution in [1.29, 1.82) is 0 Å². The molecule has 0 aromatic heterocycles. The van der Waals surface area contributed by atoms with E-state index in [0.717, 1.165) is 18.7 Å². The highest BCUT2D eigenvalue weighted by molar-refractivity contribution is 5.85. The van der Waals surface area contributed by atoms with Crippen LogP contribution < -0.4 is 20.1 Å². The van der Waals surface area contributed by atoms with Gasteiger partial charge < -0.3 is 20.1 Å². The Hall–Kier alpha value is -1.46. The van der Waals surface area contributed by atoms with Crippen molar-refractivity contribution in [2.24, 2.45) is 5.92 Å². The fourth-order valence-corrected chi connectivity index (χ4v) is 1.80. The van der Waals surface area contributed by atoms with Crippen molar-refractivity contribution >= 4 is 18.3 Å². The van der Waals surface area contributed by atoms with Gasteiger partial charge in [0.15, 0.2) is 11.5 Å². The van der Waals surface area contributed by atoms with E-state index in [1.54, 1.807) is 14.2 Å². The molecule has 1 aliphatic heterocycles. The number of hydrogen-bond acceptors (Lipinski definition) is 4. The number of amides is 1. The van der Waals surface area contributed by atoms with Crippen molar-refractivity contribution in [3.05, 3.63) is 23.8 Å². The number of benzene rings is 1. The Morgan fingerprint density at radius 3 is 2.53 bits per heavy atom. The minimum atomic E-state index is 0. The van der Waals surface area contributed by atoms with Gasteiger partial charge in [-0.15, -0.1) is 12.4 Å². The summed E-state index contributed by atoms with van der Waals surface area (Å²) in [5.41, 5.74) is 0.994. The van der Waals surface area contributed by atoms with Crippen LogP contribution in [-0.4, -0.2) is 33.2 Å². The van der Waals surface area contributed by atoms with Crippen molar-refractivity contribution in [3.8, 4) is 11.5 Å². The van der Waals surface area contributed by atoms with E-state index in [-0.39, 0.29) is 24.2 Å². The first-order valence-corrected chi connectivity index (χ1v) is 5.94. The molecule has 6 heteroatoms. The summed E-state index contributed by atoms with van der Waals surface area (Å²) in [4.78, 5) is 11.7. The first kappa shape index (κ1) is 15.6. The molecule has 1 saturated heterocycles. The summed E-state index contributed by atoms with van der Waals surface area (Å²) in [6.45, 7) is 2.06. The van der Waals surface area contributed by atoms with Crippen LogP contribution in [0.2, 0.25) is 0 Å². The van der Waals surface area contributed by atoms with Gasteiger partial charge in [-0.3, -0.25) is 4.79 Å². The summed E-state index contributed by atoms with van der Waals surface area (Å²) in [7, 11) is 3.20. The summed E-state index contributed by atoms with van der Waals surface area (Å²) in [6.07, 6.45) is 0. The Labute approximate surface area is 119 Å². The number of carbonyl (C=O) groups excluding carboxylic acids is 1. The van der Waals surface area contributed by atoms with E-state index in [0.29, 0.717) is 18.0 Å². The van der Waals surface area contributed by atoms with Gasteiger partial charge in [-0.2, -0.15) is 0 Å². The number of hydrogen-bond donors (Lipinski definition) is 2. The van der Waals surface area contributed by atoms with Crippen LogP contribution in [0.5, 0.6) is 11.5 Å². The summed E-state index contributed by atoms with van der Waals surface area (Å²) in [6, 6.07) is 5.63. The maximum absolute atomic E-state index is 11.7. The molecule has 0 aliphatic carbocycles. The van der Waals surface area contributed by atoms with Gasteiger partial charge in [-0.25, -0.2) is 0 Å². The largest absolute Gasteiger partial charge is 0.493 e. The van der Waals surface area contributed by atoms with Gasteiger partial charge in [0.05, 0.1) is 20.1 Å². The molecule has 0 bridgehead atoms. The van der Waals surface area contributed by atoms with E-state index in [2.05, 4.69) is 10.6 Å². The van der Waals surface area contributed by atoms with Crippen molar-refractivity contribution in [2.75, 3.05) is 27.3 Å². The number of carbonyl (C=O) groups is 1. The number of rotatable bonds is 5. The normalized spacial score (nSPS) is 14.0. The summed E-state index contributed by atoms with van der Waals surface area (Å²) in [5, 5.41) is 5.99. The first-order valence-electron chi connectivity index (χ1n) is 5.94.